The number of aliphatic carboxylic acids is 1. The number of benzene rings is 1. The summed E-state index contributed by atoms with van der Waals surface area (Å²) in [5, 5.41) is 54.6. The van der Waals surface area contributed by atoms with Crippen molar-refractivity contribution in [3.05, 3.63) is 35.9 Å². The molecule has 6 fully saturated rings. The van der Waals surface area contributed by atoms with Gasteiger partial charge < -0.3 is 58.7 Å². The lowest BCUT2D eigenvalue weighted by Crippen LogP contribution is -2.65. The van der Waals surface area contributed by atoms with Crippen molar-refractivity contribution in [3.8, 4) is 0 Å². The van der Waals surface area contributed by atoms with Gasteiger partial charge in [-0.15, -0.1) is 0 Å². The summed E-state index contributed by atoms with van der Waals surface area (Å²) in [6.45, 7) is -0.420. The molecule has 0 spiro atoms. The van der Waals surface area contributed by atoms with Gasteiger partial charge in [0.05, 0.1) is 24.4 Å². The van der Waals surface area contributed by atoms with Crippen molar-refractivity contribution in [2.24, 2.45) is 17.8 Å². The molecule has 5 N–H and O–H groups in total. The summed E-state index contributed by atoms with van der Waals surface area (Å²) in [7, 11) is 0. The number of ether oxygens (including phenoxy) is 7. The van der Waals surface area contributed by atoms with Gasteiger partial charge in [0, 0.05) is 0 Å². The van der Waals surface area contributed by atoms with Gasteiger partial charge in [-0.1, -0.05) is 56.7 Å². The topological polar surface area (TPSA) is 200 Å². The third-order valence-corrected chi connectivity index (χ3v) is 11.3. The highest BCUT2D eigenvalue weighted by Gasteiger charge is 2.55. The molecule has 0 amide bonds. The van der Waals surface area contributed by atoms with Gasteiger partial charge in [0.1, 0.15) is 36.6 Å². The fraction of sp³-hybridized carbons (Fsp3) is 0.778. The maximum Gasteiger partial charge on any atom is 0.338 e. The van der Waals surface area contributed by atoms with E-state index in [-0.39, 0.29) is 23.8 Å². The van der Waals surface area contributed by atoms with Crippen molar-refractivity contribution in [1.29, 1.82) is 0 Å². The Kier molecular flexibility index (Phi) is 11.4. The Morgan fingerprint density at radius 3 is 2.16 bits per heavy atom. The average molecular weight is 707 g/mol. The second-order valence-electron chi connectivity index (χ2n) is 14.8. The molecule has 1 aromatic rings. The van der Waals surface area contributed by atoms with Crippen LogP contribution in [-0.2, 0) is 38.0 Å². The highest BCUT2D eigenvalue weighted by atomic mass is 16.8. The number of carbonyl (C=O) groups is 2. The van der Waals surface area contributed by atoms with E-state index < -0.39 is 98.5 Å². The van der Waals surface area contributed by atoms with Crippen molar-refractivity contribution in [2.75, 3.05) is 6.61 Å². The first-order valence-electron chi connectivity index (χ1n) is 18.3. The standard InChI is InChI=1S/C36H50O14/c37-25-24-17-44-34-27(39)26(38)28(40)35(50-34)49-29-21(19-14-15-19)12-7-13-22(29)46-36(47-24)31(48-33(43)20-10-5-2-6-11-20)30(25)45-23(32(41)42)16-18-8-3-1-4-9-18/h2,5-6,10-11,18-19,21-31,34-40H,1,3-4,7-9,12-17H2,(H,41,42)/t21?,22-,23+,24?,25+,26?,27+,28?,29?,30?,31?,34?,35-,36-/m1/s1. The maximum atomic E-state index is 13.6. The van der Waals surface area contributed by atoms with Gasteiger partial charge >= 0.3 is 11.9 Å². The first-order chi connectivity index (χ1) is 24.2. The Balaban J connectivity index is 1.23. The zero-order valence-corrected chi connectivity index (χ0v) is 28.0. The summed E-state index contributed by atoms with van der Waals surface area (Å²) in [6.07, 6.45) is -8.10. The summed E-state index contributed by atoms with van der Waals surface area (Å²) in [5.41, 5.74) is 0.232. The van der Waals surface area contributed by atoms with E-state index >= 15 is 0 Å². The van der Waals surface area contributed by atoms with E-state index in [0.717, 1.165) is 57.8 Å². The van der Waals surface area contributed by atoms with E-state index in [1.165, 1.54) is 0 Å². The first-order valence-corrected chi connectivity index (χ1v) is 18.3. The Hall–Kier alpha value is -2.24. The molecular weight excluding hydrogens is 656 g/mol. The third-order valence-electron chi connectivity index (χ3n) is 11.3. The van der Waals surface area contributed by atoms with Gasteiger partial charge in [-0.3, -0.25) is 0 Å². The van der Waals surface area contributed by atoms with Crippen LogP contribution < -0.4 is 0 Å². The van der Waals surface area contributed by atoms with E-state index in [1.807, 2.05) is 0 Å². The van der Waals surface area contributed by atoms with Crippen LogP contribution in [0.5, 0.6) is 0 Å². The van der Waals surface area contributed by atoms with Gasteiger partial charge in [-0.05, 0) is 62.0 Å². The van der Waals surface area contributed by atoms with Crippen molar-refractivity contribution < 1.29 is 68.3 Å². The summed E-state index contributed by atoms with van der Waals surface area (Å²) >= 11 is 0. The molecule has 0 radical (unpaired) electrons. The summed E-state index contributed by atoms with van der Waals surface area (Å²) in [5.74, 6) is -1.45. The summed E-state index contributed by atoms with van der Waals surface area (Å²) in [6, 6.07) is 8.28. The van der Waals surface area contributed by atoms with E-state index in [9.17, 15) is 35.1 Å². The molecule has 3 aliphatic carbocycles. The SMILES string of the molecule is O=C(OC1C(O[C@@H](CC2CCCCC2)C(=O)O)[C@@H](O)C2COC3O[C@@H](OC4C(C5CC5)CCC[C@H]4O[C@@H]1O2)C(O)C(O)[C@@H]3O)c1ccccc1. The van der Waals surface area contributed by atoms with Crippen LogP contribution in [0.1, 0.15) is 81.0 Å². The smallest absolute Gasteiger partial charge is 0.338 e. The molecule has 278 valence electrons. The molecule has 14 nitrogen and oxygen atoms in total. The van der Waals surface area contributed by atoms with Gasteiger partial charge in [-0.2, -0.15) is 0 Å². The van der Waals surface area contributed by atoms with Crippen molar-refractivity contribution in [3.63, 3.8) is 0 Å². The molecule has 50 heavy (non-hydrogen) atoms. The Bertz CT molecular complexity index is 1290. The number of aliphatic hydroxyl groups excluding tert-OH is 4. The van der Waals surface area contributed by atoms with E-state index in [1.54, 1.807) is 30.3 Å². The quantitative estimate of drug-likeness (QED) is 0.246. The molecule has 3 aliphatic heterocycles. The number of esters is 1. The third kappa shape index (κ3) is 7.89. The van der Waals surface area contributed by atoms with Crippen LogP contribution in [-0.4, -0.2) is 124 Å². The summed E-state index contributed by atoms with van der Waals surface area (Å²) in [4.78, 5) is 26.2. The minimum atomic E-state index is -1.65. The number of carboxylic acids is 1. The van der Waals surface area contributed by atoms with Crippen LogP contribution in [0.25, 0.3) is 0 Å². The Morgan fingerprint density at radius 1 is 0.720 bits per heavy atom. The molecule has 14 atom stereocenters. The Morgan fingerprint density at radius 2 is 1.44 bits per heavy atom. The minimum absolute atomic E-state index is 0.0186. The molecule has 4 bridgehead atoms. The second kappa shape index (κ2) is 15.8. The molecule has 3 saturated heterocycles. The zero-order chi connectivity index (χ0) is 34.9. The van der Waals surface area contributed by atoms with Gasteiger partial charge in [-0.25, -0.2) is 9.59 Å². The average Bonchev–Trinajstić information content (AvgIpc) is 3.97. The van der Waals surface area contributed by atoms with Crippen LogP contribution in [0.4, 0.5) is 0 Å². The zero-order valence-electron chi connectivity index (χ0n) is 28.0. The molecule has 3 heterocycles. The molecular formula is C36H50O14. The maximum absolute atomic E-state index is 13.6. The highest BCUT2D eigenvalue weighted by molar-refractivity contribution is 5.89. The van der Waals surface area contributed by atoms with Gasteiger partial charge in [0.2, 0.25) is 0 Å². The van der Waals surface area contributed by atoms with Crippen molar-refractivity contribution >= 4 is 11.9 Å². The van der Waals surface area contributed by atoms with Crippen LogP contribution >= 0.6 is 0 Å². The fourth-order valence-corrected chi connectivity index (χ4v) is 8.42. The van der Waals surface area contributed by atoms with Crippen molar-refractivity contribution in [1.82, 2.24) is 0 Å². The van der Waals surface area contributed by atoms with Crippen LogP contribution in [0, 0.1) is 17.8 Å². The number of hydrogen-bond acceptors (Lipinski definition) is 13. The fourth-order valence-electron chi connectivity index (χ4n) is 8.42. The predicted octanol–water partition coefficient (Wildman–Crippen LogP) is 1.88. The second-order valence-corrected chi connectivity index (χ2v) is 14.8. The molecule has 14 heteroatoms. The molecule has 8 unspecified atom stereocenters. The first kappa shape index (κ1) is 36.1. The lowest BCUT2D eigenvalue weighted by Gasteiger charge is -2.49. The predicted molar refractivity (Wildman–Crippen MR) is 170 cm³/mol. The van der Waals surface area contributed by atoms with Crippen LogP contribution in [0.2, 0.25) is 0 Å². The number of carbonyl (C=O) groups excluding carboxylic acids is 1. The summed E-state index contributed by atoms with van der Waals surface area (Å²) < 4.78 is 43.5. The van der Waals surface area contributed by atoms with E-state index in [2.05, 4.69) is 0 Å². The van der Waals surface area contributed by atoms with Gasteiger partial charge in [0.25, 0.3) is 0 Å². The van der Waals surface area contributed by atoms with Crippen molar-refractivity contribution in [2.45, 2.75) is 151 Å². The van der Waals surface area contributed by atoms with Crippen LogP contribution in [0.15, 0.2) is 30.3 Å². The number of hydrogen-bond donors (Lipinski definition) is 5. The van der Waals surface area contributed by atoms with Crippen LogP contribution in [0.3, 0.4) is 0 Å². The van der Waals surface area contributed by atoms with E-state index in [4.69, 9.17) is 33.2 Å². The van der Waals surface area contributed by atoms with Gasteiger partial charge in [0.15, 0.2) is 31.1 Å². The molecule has 0 aromatic heterocycles. The molecule has 6 aliphatic rings. The monoisotopic (exact) mass is 706 g/mol. The number of aliphatic hydroxyl groups is 4. The molecule has 1 aromatic carbocycles. The van der Waals surface area contributed by atoms with E-state index in [0.29, 0.717) is 12.3 Å². The lowest BCUT2D eigenvalue weighted by molar-refractivity contribution is -0.391. The Labute approximate surface area is 290 Å². The minimum Gasteiger partial charge on any atom is -0.479 e. The number of carboxylic acid groups (broad SMARTS) is 1. The number of rotatable bonds is 8. The number of fused-ring (bicyclic) bond motifs is 5. The molecule has 7 rings (SSSR count). The normalized spacial score (nSPS) is 41.9. The highest BCUT2D eigenvalue weighted by Crippen LogP contribution is 2.47. The largest absolute Gasteiger partial charge is 0.479 e. The molecule has 3 saturated carbocycles. The lowest BCUT2D eigenvalue weighted by atomic mass is 9.81.